The topological polar surface area (TPSA) is 89.9 Å². The fourth-order valence-electron chi connectivity index (χ4n) is 3.70. The minimum atomic E-state index is -0.0805. The van der Waals surface area contributed by atoms with Gasteiger partial charge in [-0.2, -0.15) is 0 Å². The Labute approximate surface area is 186 Å². The summed E-state index contributed by atoms with van der Waals surface area (Å²) in [5, 5.41) is 8.72. The first-order chi connectivity index (χ1) is 15.6. The average Bonchev–Trinajstić information content (AvgIpc) is 2.88. The molecule has 0 N–H and O–H groups in total. The van der Waals surface area contributed by atoms with Crippen molar-refractivity contribution >= 4 is 11.7 Å². The number of aromatic nitrogens is 3. The zero-order valence-electron chi connectivity index (χ0n) is 18.3. The molecule has 1 saturated heterocycles. The minimum Gasteiger partial charge on any atom is -0.493 e. The lowest BCUT2D eigenvalue weighted by atomic mass is 10.1. The van der Waals surface area contributed by atoms with Gasteiger partial charge in [0, 0.05) is 49.7 Å². The highest BCUT2D eigenvalue weighted by Crippen LogP contribution is 2.38. The van der Waals surface area contributed by atoms with Gasteiger partial charge < -0.3 is 24.0 Å². The van der Waals surface area contributed by atoms with Crippen molar-refractivity contribution in [3.05, 3.63) is 54.4 Å². The summed E-state index contributed by atoms with van der Waals surface area (Å²) in [6.07, 6.45) is 3.46. The number of nitrogens with zero attached hydrogens (tertiary/aromatic N) is 5. The second kappa shape index (κ2) is 9.51. The van der Waals surface area contributed by atoms with Crippen molar-refractivity contribution in [3.8, 4) is 28.5 Å². The molecule has 1 fully saturated rings. The van der Waals surface area contributed by atoms with Crippen molar-refractivity contribution in [2.24, 2.45) is 0 Å². The van der Waals surface area contributed by atoms with Crippen LogP contribution in [-0.4, -0.2) is 73.5 Å². The number of methoxy groups -OCH3 is 3. The van der Waals surface area contributed by atoms with Crippen LogP contribution in [0.4, 0.5) is 5.82 Å². The summed E-state index contributed by atoms with van der Waals surface area (Å²) in [6.45, 7) is 2.48. The van der Waals surface area contributed by atoms with Gasteiger partial charge in [-0.25, -0.2) is 0 Å². The van der Waals surface area contributed by atoms with Gasteiger partial charge in [-0.15, -0.1) is 10.2 Å². The maximum atomic E-state index is 13.1. The van der Waals surface area contributed by atoms with E-state index in [0.29, 0.717) is 49.0 Å². The molecular weight excluding hydrogens is 410 g/mol. The number of carbonyl (C=O) groups excluding carboxylic acids is 1. The summed E-state index contributed by atoms with van der Waals surface area (Å²) < 4.78 is 16.1. The predicted molar refractivity (Wildman–Crippen MR) is 119 cm³/mol. The molecule has 1 aliphatic heterocycles. The molecule has 166 valence electrons. The Kier molecular flexibility index (Phi) is 6.34. The van der Waals surface area contributed by atoms with E-state index in [2.05, 4.69) is 20.1 Å². The molecule has 0 bridgehead atoms. The fraction of sp³-hybridized carbons (Fsp3) is 0.304. The van der Waals surface area contributed by atoms with Crippen LogP contribution in [0.5, 0.6) is 17.2 Å². The second-order valence-corrected chi connectivity index (χ2v) is 7.21. The number of ether oxygens (including phenoxy) is 3. The van der Waals surface area contributed by atoms with Gasteiger partial charge in [0.1, 0.15) is 0 Å². The minimum absolute atomic E-state index is 0.0805. The molecule has 0 aliphatic carbocycles. The number of piperazine rings is 1. The van der Waals surface area contributed by atoms with Crippen LogP contribution in [0, 0.1) is 0 Å². The highest BCUT2D eigenvalue weighted by molar-refractivity contribution is 5.95. The first-order valence-corrected chi connectivity index (χ1v) is 10.2. The number of hydrogen-bond donors (Lipinski definition) is 0. The van der Waals surface area contributed by atoms with Gasteiger partial charge in [0.25, 0.3) is 5.91 Å². The first kappa shape index (κ1) is 21.4. The molecule has 0 spiro atoms. The molecule has 9 heteroatoms. The number of anilines is 1. The lowest BCUT2D eigenvalue weighted by Crippen LogP contribution is -2.49. The quantitative estimate of drug-likeness (QED) is 0.584. The Hall–Kier alpha value is -3.88. The van der Waals surface area contributed by atoms with E-state index >= 15 is 0 Å². The molecule has 1 amide bonds. The van der Waals surface area contributed by atoms with Crippen molar-refractivity contribution in [2.45, 2.75) is 0 Å². The van der Waals surface area contributed by atoms with E-state index in [1.807, 2.05) is 29.2 Å². The van der Waals surface area contributed by atoms with Crippen LogP contribution in [0.3, 0.4) is 0 Å². The SMILES string of the molecule is COc1cc(C(=O)N2CCN(c3ccc(-c4ccncc4)nn3)CC2)cc(OC)c1OC. The predicted octanol–water partition coefficient (Wildman–Crippen LogP) is 2.53. The third-order valence-corrected chi connectivity index (χ3v) is 5.43. The molecule has 3 aromatic rings. The van der Waals surface area contributed by atoms with Crippen molar-refractivity contribution in [2.75, 3.05) is 52.4 Å². The number of amides is 1. The monoisotopic (exact) mass is 435 g/mol. The van der Waals surface area contributed by atoms with Crippen molar-refractivity contribution in [1.82, 2.24) is 20.1 Å². The van der Waals surface area contributed by atoms with Gasteiger partial charge in [-0.3, -0.25) is 9.78 Å². The van der Waals surface area contributed by atoms with Gasteiger partial charge in [0.05, 0.1) is 27.0 Å². The summed E-state index contributed by atoms with van der Waals surface area (Å²) in [4.78, 5) is 21.1. The van der Waals surface area contributed by atoms with Crippen LogP contribution in [-0.2, 0) is 0 Å². The van der Waals surface area contributed by atoms with E-state index in [1.54, 1.807) is 24.5 Å². The molecule has 32 heavy (non-hydrogen) atoms. The third-order valence-electron chi connectivity index (χ3n) is 5.43. The Bertz CT molecular complexity index is 1040. The Balaban J connectivity index is 1.43. The molecule has 2 aromatic heterocycles. The second-order valence-electron chi connectivity index (χ2n) is 7.21. The number of carbonyl (C=O) groups is 1. The molecule has 9 nitrogen and oxygen atoms in total. The van der Waals surface area contributed by atoms with Crippen LogP contribution in [0.25, 0.3) is 11.3 Å². The van der Waals surface area contributed by atoms with Gasteiger partial charge in [-0.1, -0.05) is 0 Å². The van der Waals surface area contributed by atoms with Gasteiger partial charge in [0.15, 0.2) is 17.3 Å². The highest BCUT2D eigenvalue weighted by atomic mass is 16.5. The molecule has 1 aromatic carbocycles. The van der Waals surface area contributed by atoms with E-state index in [9.17, 15) is 4.79 Å². The maximum absolute atomic E-state index is 13.1. The summed E-state index contributed by atoms with van der Waals surface area (Å²) in [6, 6.07) is 11.1. The van der Waals surface area contributed by atoms with Crippen LogP contribution in [0.2, 0.25) is 0 Å². The lowest BCUT2D eigenvalue weighted by molar-refractivity contribution is 0.0745. The summed E-state index contributed by atoms with van der Waals surface area (Å²) in [7, 11) is 4.60. The molecule has 1 aliphatic rings. The van der Waals surface area contributed by atoms with Crippen molar-refractivity contribution in [1.29, 1.82) is 0 Å². The van der Waals surface area contributed by atoms with E-state index in [-0.39, 0.29) is 5.91 Å². The fourth-order valence-corrected chi connectivity index (χ4v) is 3.70. The van der Waals surface area contributed by atoms with Gasteiger partial charge in [-0.05, 0) is 36.4 Å². The normalized spacial score (nSPS) is 13.6. The van der Waals surface area contributed by atoms with Crippen LogP contribution in [0.1, 0.15) is 10.4 Å². The molecule has 0 atom stereocenters. The van der Waals surface area contributed by atoms with Gasteiger partial charge >= 0.3 is 0 Å². The summed E-state index contributed by atoms with van der Waals surface area (Å²) in [5.74, 6) is 2.09. The third kappa shape index (κ3) is 4.27. The zero-order chi connectivity index (χ0) is 22.5. The molecule has 3 heterocycles. The Morgan fingerprint density at radius 2 is 1.50 bits per heavy atom. The van der Waals surface area contributed by atoms with E-state index in [4.69, 9.17) is 14.2 Å². The largest absolute Gasteiger partial charge is 0.493 e. The Morgan fingerprint density at radius 1 is 0.844 bits per heavy atom. The van der Waals surface area contributed by atoms with Crippen LogP contribution in [0.15, 0.2) is 48.8 Å². The zero-order valence-corrected chi connectivity index (χ0v) is 18.3. The number of rotatable bonds is 6. The average molecular weight is 435 g/mol. The molecule has 4 rings (SSSR count). The standard InChI is InChI=1S/C23H25N5O4/c1-30-19-14-17(15-20(31-2)22(19)32-3)23(29)28-12-10-27(11-13-28)21-5-4-18(25-26-21)16-6-8-24-9-7-16/h4-9,14-15H,10-13H2,1-3H3. The van der Waals surface area contributed by atoms with Crippen molar-refractivity contribution in [3.63, 3.8) is 0 Å². The smallest absolute Gasteiger partial charge is 0.254 e. The number of pyridine rings is 1. The van der Waals surface area contributed by atoms with Crippen LogP contribution >= 0.6 is 0 Å². The summed E-state index contributed by atoms with van der Waals surface area (Å²) in [5.41, 5.74) is 2.27. The molecule has 0 saturated carbocycles. The number of hydrogen-bond acceptors (Lipinski definition) is 8. The van der Waals surface area contributed by atoms with Crippen molar-refractivity contribution < 1.29 is 19.0 Å². The lowest BCUT2D eigenvalue weighted by Gasteiger charge is -2.35. The first-order valence-electron chi connectivity index (χ1n) is 10.2. The number of benzene rings is 1. The van der Waals surface area contributed by atoms with Gasteiger partial charge in [0.2, 0.25) is 5.75 Å². The summed E-state index contributed by atoms with van der Waals surface area (Å²) >= 11 is 0. The van der Waals surface area contributed by atoms with E-state index in [0.717, 1.165) is 17.1 Å². The molecular formula is C23H25N5O4. The Morgan fingerprint density at radius 3 is 2.03 bits per heavy atom. The van der Waals surface area contributed by atoms with E-state index < -0.39 is 0 Å². The molecule has 0 unspecified atom stereocenters. The van der Waals surface area contributed by atoms with E-state index in [1.165, 1.54) is 21.3 Å². The molecule has 0 radical (unpaired) electrons. The maximum Gasteiger partial charge on any atom is 0.254 e. The van der Waals surface area contributed by atoms with Crippen LogP contribution < -0.4 is 19.1 Å². The highest BCUT2D eigenvalue weighted by Gasteiger charge is 2.25.